The Bertz CT molecular complexity index is 738. The third kappa shape index (κ3) is 5.63. The van der Waals surface area contributed by atoms with Crippen molar-refractivity contribution in [3.05, 3.63) is 48.0 Å². The fourth-order valence-corrected chi connectivity index (χ4v) is 3.20. The van der Waals surface area contributed by atoms with E-state index in [1.807, 2.05) is 24.3 Å². The van der Waals surface area contributed by atoms with E-state index in [2.05, 4.69) is 17.0 Å². The van der Waals surface area contributed by atoms with E-state index in [4.69, 9.17) is 4.74 Å². The molecule has 146 valence electrons. The van der Waals surface area contributed by atoms with Gasteiger partial charge in [0.2, 0.25) is 0 Å². The van der Waals surface area contributed by atoms with Crippen molar-refractivity contribution >= 4 is 0 Å². The van der Waals surface area contributed by atoms with Gasteiger partial charge >= 0.3 is 6.36 Å². The highest BCUT2D eigenvalue weighted by Crippen LogP contribution is 2.36. The highest BCUT2D eigenvalue weighted by molar-refractivity contribution is 5.67. The topological polar surface area (TPSA) is 30.5 Å². The molecule has 0 spiro atoms. The second kappa shape index (κ2) is 8.65. The van der Waals surface area contributed by atoms with Gasteiger partial charge in [0.15, 0.2) is 11.5 Å². The Balaban J connectivity index is 1.82. The molecule has 0 aliphatic carbocycles. The van der Waals surface area contributed by atoms with Gasteiger partial charge in [0.1, 0.15) is 0 Å². The van der Waals surface area contributed by atoms with Crippen LogP contribution in [0, 0.1) is 5.92 Å². The standard InChI is InChI=1S/C21H24F3NO2/c1-2-15-3-5-17(6-4-15)18-7-8-19(27-21(22,23)24)20(13-18)26-14-16-9-11-25-12-10-16/h3-8,13,16,25H,2,9-12,14H2,1H3. The summed E-state index contributed by atoms with van der Waals surface area (Å²) in [7, 11) is 0. The quantitative estimate of drug-likeness (QED) is 0.749. The first-order valence-corrected chi connectivity index (χ1v) is 9.27. The Morgan fingerprint density at radius 2 is 1.63 bits per heavy atom. The van der Waals surface area contributed by atoms with Crippen LogP contribution in [-0.2, 0) is 6.42 Å². The zero-order valence-electron chi connectivity index (χ0n) is 15.3. The number of piperidine rings is 1. The summed E-state index contributed by atoms with van der Waals surface area (Å²) in [5, 5.41) is 3.27. The van der Waals surface area contributed by atoms with Crippen LogP contribution in [-0.4, -0.2) is 26.1 Å². The summed E-state index contributed by atoms with van der Waals surface area (Å²) in [6.07, 6.45) is -1.92. The normalized spacial score (nSPS) is 15.6. The summed E-state index contributed by atoms with van der Waals surface area (Å²) >= 11 is 0. The molecule has 1 aliphatic heterocycles. The summed E-state index contributed by atoms with van der Waals surface area (Å²) in [6, 6.07) is 12.6. The maximum atomic E-state index is 12.7. The van der Waals surface area contributed by atoms with Crippen molar-refractivity contribution in [3.8, 4) is 22.6 Å². The van der Waals surface area contributed by atoms with Crippen molar-refractivity contribution in [1.29, 1.82) is 0 Å². The van der Waals surface area contributed by atoms with Crippen LogP contribution in [0.2, 0.25) is 0 Å². The molecule has 0 atom stereocenters. The second-order valence-corrected chi connectivity index (χ2v) is 6.76. The molecule has 6 heteroatoms. The lowest BCUT2D eigenvalue weighted by molar-refractivity contribution is -0.275. The Morgan fingerprint density at radius 1 is 0.963 bits per heavy atom. The van der Waals surface area contributed by atoms with E-state index in [1.54, 1.807) is 12.1 Å². The number of halogens is 3. The number of aryl methyl sites for hydroxylation is 1. The molecule has 3 nitrogen and oxygen atoms in total. The van der Waals surface area contributed by atoms with Crippen LogP contribution < -0.4 is 14.8 Å². The van der Waals surface area contributed by atoms with Crippen LogP contribution in [0.15, 0.2) is 42.5 Å². The Kier molecular flexibility index (Phi) is 6.26. The average Bonchev–Trinajstić information content (AvgIpc) is 2.67. The van der Waals surface area contributed by atoms with E-state index in [9.17, 15) is 13.2 Å². The monoisotopic (exact) mass is 379 g/mol. The number of ether oxygens (including phenoxy) is 2. The number of hydrogen-bond donors (Lipinski definition) is 1. The molecule has 0 bridgehead atoms. The van der Waals surface area contributed by atoms with E-state index in [0.29, 0.717) is 12.5 Å². The lowest BCUT2D eigenvalue weighted by atomic mass is 9.99. The van der Waals surface area contributed by atoms with Crippen molar-refractivity contribution in [3.63, 3.8) is 0 Å². The Hall–Kier alpha value is -2.21. The molecule has 0 radical (unpaired) electrons. The fraction of sp³-hybridized carbons (Fsp3) is 0.429. The number of rotatable bonds is 6. The number of nitrogens with one attached hydrogen (secondary N) is 1. The summed E-state index contributed by atoms with van der Waals surface area (Å²) in [5.41, 5.74) is 2.93. The summed E-state index contributed by atoms with van der Waals surface area (Å²) < 4.78 is 48.2. The van der Waals surface area contributed by atoms with Crippen LogP contribution in [0.5, 0.6) is 11.5 Å². The summed E-state index contributed by atoms with van der Waals surface area (Å²) in [4.78, 5) is 0. The molecule has 1 fully saturated rings. The predicted molar refractivity (Wildman–Crippen MR) is 99.0 cm³/mol. The largest absolute Gasteiger partial charge is 0.573 e. The number of hydrogen-bond acceptors (Lipinski definition) is 3. The highest BCUT2D eigenvalue weighted by atomic mass is 19.4. The van der Waals surface area contributed by atoms with Gasteiger partial charge in [0.25, 0.3) is 0 Å². The lowest BCUT2D eigenvalue weighted by Crippen LogP contribution is -2.30. The first-order chi connectivity index (χ1) is 12.9. The first kappa shape index (κ1) is 19.5. The Labute approximate surface area is 157 Å². The van der Waals surface area contributed by atoms with Crippen LogP contribution in [0.25, 0.3) is 11.1 Å². The third-order valence-corrected chi connectivity index (χ3v) is 4.80. The summed E-state index contributed by atoms with van der Waals surface area (Å²) in [6.45, 7) is 4.27. The molecule has 3 rings (SSSR count). The molecule has 2 aromatic carbocycles. The SMILES string of the molecule is CCc1ccc(-c2ccc(OC(F)(F)F)c(OCC3CCNCC3)c2)cc1. The molecule has 27 heavy (non-hydrogen) atoms. The minimum atomic E-state index is -4.75. The maximum Gasteiger partial charge on any atom is 0.573 e. The Morgan fingerprint density at radius 3 is 2.26 bits per heavy atom. The smallest absolute Gasteiger partial charge is 0.489 e. The van der Waals surface area contributed by atoms with Gasteiger partial charge in [-0.05, 0) is 67.1 Å². The minimum Gasteiger partial charge on any atom is -0.489 e. The van der Waals surface area contributed by atoms with E-state index in [-0.39, 0.29) is 11.5 Å². The van der Waals surface area contributed by atoms with Crippen LogP contribution >= 0.6 is 0 Å². The first-order valence-electron chi connectivity index (χ1n) is 9.27. The van der Waals surface area contributed by atoms with Gasteiger partial charge in [0.05, 0.1) is 6.61 Å². The van der Waals surface area contributed by atoms with E-state index in [1.165, 1.54) is 11.6 Å². The van der Waals surface area contributed by atoms with Crippen molar-refractivity contribution < 1.29 is 22.6 Å². The molecule has 1 N–H and O–H groups in total. The van der Waals surface area contributed by atoms with Gasteiger partial charge in [-0.1, -0.05) is 37.3 Å². The number of alkyl halides is 3. The van der Waals surface area contributed by atoms with Gasteiger partial charge in [-0.15, -0.1) is 13.2 Å². The van der Waals surface area contributed by atoms with Crippen LogP contribution in [0.1, 0.15) is 25.3 Å². The predicted octanol–water partition coefficient (Wildman–Crippen LogP) is 5.19. The molecule has 0 amide bonds. The molecule has 0 aromatic heterocycles. The van der Waals surface area contributed by atoms with Gasteiger partial charge in [0, 0.05) is 0 Å². The third-order valence-electron chi connectivity index (χ3n) is 4.80. The molecule has 1 saturated heterocycles. The molecule has 2 aromatic rings. The van der Waals surface area contributed by atoms with Gasteiger partial charge in [-0.3, -0.25) is 0 Å². The number of benzene rings is 2. The van der Waals surface area contributed by atoms with Crippen molar-refractivity contribution in [2.45, 2.75) is 32.5 Å². The maximum absolute atomic E-state index is 12.7. The van der Waals surface area contributed by atoms with Crippen molar-refractivity contribution in [2.75, 3.05) is 19.7 Å². The zero-order chi connectivity index (χ0) is 19.3. The van der Waals surface area contributed by atoms with E-state index >= 15 is 0 Å². The molecular formula is C21H24F3NO2. The van der Waals surface area contributed by atoms with E-state index < -0.39 is 6.36 Å². The van der Waals surface area contributed by atoms with Crippen LogP contribution in [0.3, 0.4) is 0 Å². The summed E-state index contributed by atoms with van der Waals surface area (Å²) in [5.74, 6) is 0.158. The molecule has 0 saturated carbocycles. The van der Waals surface area contributed by atoms with E-state index in [0.717, 1.165) is 43.5 Å². The van der Waals surface area contributed by atoms with Crippen molar-refractivity contribution in [1.82, 2.24) is 5.32 Å². The van der Waals surface area contributed by atoms with Gasteiger partial charge in [-0.25, -0.2) is 0 Å². The molecule has 1 aliphatic rings. The van der Waals surface area contributed by atoms with Gasteiger partial charge in [-0.2, -0.15) is 0 Å². The van der Waals surface area contributed by atoms with Crippen molar-refractivity contribution in [2.24, 2.45) is 5.92 Å². The van der Waals surface area contributed by atoms with Gasteiger partial charge < -0.3 is 14.8 Å². The molecular weight excluding hydrogens is 355 g/mol. The average molecular weight is 379 g/mol. The molecule has 0 unspecified atom stereocenters. The minimum absolute atomic E-state index is 0.128. The zero-order valence-corrected chi connectivity index (χ0v) is 15.3. The van der Waals surface area contributed by atoms with Crippen LogP contribution in [0.4, 0.5) is 13.2 Å². The molecule has 1 heterocycles. The highest BCUT2D eigenvalue weighted by Gasteiger charge is 2.32. The lowest BCUT2D eigenvalue weighted by Gasteiger charge is -2.23. The second-order valence-electron chi connectivity index (χ2n) is 6.76. The fourth-order valence-electron chi connectivity index (χ4n) is 3.20.